The van der Waals surface area contributed by atoms with E-state index in [1.54, 1.807) is 6.07 Å². The van der Waals surface area contributed by atoms with E-state index in [2.05, 4.69) is 0 Å². The standard InChI is InChI=1S/C14H19NO5S/c1-10-5-6-12(16)9-15(10)21(19,20)13-4-2-3-11(7-13)8-14(17)18/h2-4,7,10,12,16H,5-6,8-9H2,1H3,(H,17,18)/t10-,12-/m1/s1. The van der Waals surface area contributed by atoms with Crippen molar-refractivity contribution in [3.8, 4) is 0 Å². The fourth-order valence-electron chi connectivity index (χ4n) is 2.52. The smallest absolute Gasteiger partial charge is 0.307 e. The molecular weight excluding hydrogens is 294 g/mol. The predicted molar refractivity (Wildman–Crippen MR) is 76.4 cm³/mol. The van der Waals surface area contributed by atoms with E-state index in [9.17, 15) is 18.3 Å². The van der Waals surface area contributed by atoms with E-state index in [0.29, 0.717) is 18.4 Å². The number of carboxylic acid groups (broad SMARTS) is 1. The minimum Gasteiger partial charge on any atom is -0.481 e. The Morgan fingerprint density at radius 2 is 2.10 bits per heavy atom. The Morgan fingerprint density at radius 3 is 2.76 bits per heavy atom. The van der Waals surface area contributed by atoms with Crippen molar-refractivity contribution in [1.29, 1.82) is 0 Å². The van der Waals surface area contributed by atoms with E-state index in [1.807, 2.05) is 6.92 Å². The molecule has 2 N–H and O–H groups in total. The summed E-state index contributed by atoms with van der Waals surface area (Å²) in [6.45, 7) is 1.89. The van der Waals surface area contributed by atoms with Crippen LogP contribution in [-0.2, 0) is 21.2 Å². The molecule has 116 valence electrons. The van der Waals surface area contributed by atoms with Gasteiger partial charge in [-0.3, -0.25) is 4.79 Å². The lowest BCUT2D eigenvalue weighted by Crippen LogP contribution is -2.47. The van der Waals surface area contributed by atoms with Crippen LogP contribution in [-0.4, -0.2) is 47.6 Å². The van der Waals surface area contributed by atoms with Crippen molar-refractivity contribution in [2.45, 2.75) is 43.2 Å². The number of carbonyl (C=O) groups is 1. The van der Waals surface area contributed by atoms with Gasteiger partial charge in [-0.1, -0.05) is 12.1 Å². The topological polar surface area (TPSA) is 94.9 Å². The van der Waals surface area contributed by atoms with Crippen LogP contribution in [0.2, 0.25) is 0 Å². The Bertz CT molecular complexity index is 628. The van der Waals surface area contributed by atoms with E-state index in [4.69, 9.17) is 5.11 Å². The number of sulfonamides is 1. The zero-order valence-corrected chi connectivity index (χ0v) is 12.6. The van der Waals surface area contributed by atoms with Crippen molar-refractivity contribution in [3.63, 3.8) is 0 Å². The fraction of sp³-hybridized carbons (Fsp3) is 0.500. The summed E-state index contributed by atoms with van der Waals surface area (Å²) in [5, 5.41) is 18.5. The summed E-state index contributed by atoms with van der Waals surface area (Å²) in [5.74, 6) is -1.01. The molecule has 1 saturated heterocycles. The third-order valence-electron chi connectivity index (χ3n) is 3.66. The van der Waals surface area contributed by atoms with Gasteiger partial charge in [0.15, 0.2) is 0 Å². The Balaban J connectivity index is 2.32. The van der Waals surface area contributed by atoms with Gasteiger partial charge in [0.25, 0.3) is 0 Å². The summed E-state index contributed by atoms with van der Waals surface area (Å²) in [4.78, 5) is 10.8. The first-order valence-electron chi connectivity index (χ1n) is 6.81. The first-order chi connectivity index (χ1) is 9.80. The van der Waals surface area contributed by atoms with Crippen molar-refractivity contribution in [2.24, 2.45) is 0 Å². The SMILES string of the molecule is C[C@@H]1CC[C@@H](O)CN1S(=O)(=O)c1cccc(CC(=O)O)c1. The number of carboxylic acids is 1. The average Bonchev–Trinajstić information content (AvgIpc) is 2.41. The second kappa shape index (κ2) is 6.13. The molecule has 1 aromatic rings. The summed E-state index contributed by atoms with van der Waals surface area (Å²) in [7, 11) is -3.72. The largest absolute Gasteiger partial charge is 0.481 e. The number of benzene rings is 1. The normalized spacial score (nSPS) is 23.9. The van der Waals surface area contributed by atoms with Crippen LogP contribution in [0.25, 0.3) is 0 Å². The summed E-state index contributed by atoms with van der Waals surface area (Å²) in [6.07, 6.45) is 0.321. The van der Waals surface area contributed by atoms with Gasteiger partial charge < -0.3 is 10.2 Å². The minimum atomic E-state index is -3.72. The molecule has 0 spiro atoms. The molecule has 6 nitrogen and oxygen atoms in total. The maximum atomic E-state index is 12.6. The number of aliphatic hydroxyl groups is 1. The molecule has 0 saturated carbocycles. The third-order valence-corrected chi connectivity index (χ3v) is 5.64. The molecule has 0 unspecified atom stereocenters. The molecule has 1 aliphatic rings. The van der Waals surface area contributed by atoms with Gasteiger partial charge in [-0.15, -0.1) is 0 Å². The van der Waals surface area contributed by atoms with Gasteiger partial charge in [0.05, 0.1) is 17.4 Å². The molecule has 1 fully saturated rings. The molecule has 7 heteroatoms. The molecule has 1 aromatic carbocycles. The minimum absolute atomic E-state index is 0.0715. The molecule has 1 heterocycles. The third kappa shape index (κ3) is 3.61. The second-order valence-electron chi connectivity index (χ2n) is 5.37. The molecule has 0 amide bonds. The van der Waals surface area contributed by atoms with Crippen LogP contribution in [0.4, 0.5) is 0 Å². The number of aliphatic carboxylic acids is 1. The lowest BCUT2D eigenvalue weighted by Gasteiger charge is -2.34. The first-order valence-corrected chi connectivity index (χ1v) is 8.25. The van der Waals surface area contributed by atoms with E-state index in [-0.39, 0.29) is 23.9 Å². The molecule has 1 aliphatic heterocycles. The van der Waals surface area contributed by atoms with Crippen molar-refractivity contribution < 1.29 is 23.4 Å². The second-order valence-corrected chi connectivity index (χ2v) is 7.26. The van der Waals surface area contributed by atoms with E-state index >= 15 is 0 Å². The van der Waals surface area contributed by atoms with Crippen molar-refractivity contribution in [1.82, 2.24) is 4.31 Å². The molecule has 0 radical (unpaired) electrons. The molecule has 0 aliphatic carbocycles. The molecule has 0 bridgehead atoms. The highest BCUT2D eigenvalue weighted by atomic mass is 32.2. The summed E-state index contributed by atoms with van der Waals surface area (Å²) >= 11 is 0. The van der Waals surface area contributed by atoms with Gasteiger partial charge in [0.1, 0.15) is 0 Å². The number of β-amino-alcohol motifs (C(OH)–C–C–N with tert-alkyl or cyclic N) is 1. The summed E-state index contributed by atoms with van der Waals surface area (Å²) in [6, 6.07) is 5.78. The molecule has 21 heavy (non-hydrogen) atoms. The summed E-state index contributed by atoms with van der Waals surface area (Å²) < 4.78 is 26.6. The lowest BCUT2D eigenvalue weighted by atomic mass is 10.0. The van der Waals surface area contributed by atoms with Gasteiger partial charge >= 0.3 is 5.97 Å². The average molecular weight is 313 g/mol. The van der Waals surface area contributed by atoms with E-state index in [1.165, 1.54) is 22.5 Å². The monoisotopic (exact) mass is 313 g/mol. The maximum Gasteiger partial charge on any atom is 0.307 e. The number of piperidine rings is 1. The Hall–Kier alpha value is -1.44. The Labute approximate surface area is 124 Å². The van der Waals surface area contributed by atoms with Gasteiger partial charge in [0.2, 0.25) is 10.0 Å². The molecule has 2 rings (SSSR count). The Kier molecular flexibility index (Phi) is 4.65. The Morgan fingerprint density at radius 1 is 1.38 bits per heavy atom. The van der Waals surface area contributed by atoms with E-state index in [0.717, 1.165) is 0 Å². The van der Waals surface area contributed by atoms with Gasteiger partial charge in [-0.25, -0.2) is 8.42 Å². The number of hydrogen-bond acceptors (Lipinski definition) is 4. The fourth-order valence-corrected chi connectivity index (χ4v) is 4.29. The van der Waals surface area contributed by atoms with Crippen molar-refractivity contribution in [3.05, 3.63) is 29.8 Å². The van der Waals surface area contributed by atoms with Gasteiger partial charge in [-0.05, 0) is 37.5 Å². The quantitative estimate of drug-likeness (QED) is 0.859. The number of hydrogen-bond donors (Lipinski definition) is 2. The zero-order valence-electron chi connectivity index (χ0n) is 11.8. The van der Waals surface area contributed by atoms with Gasteiger partial charge in [0, 0.05) is 12.6 Å². The van der Waals surface area contributed by atoms with Crippen LogP contribution in [0.5, 0.6) is 0 Å². The predicted octanol–water partition coefficient (Wildman–Crippen LogP) is 0.848. The van der Waals surface area contributed by atoms with Crippen LogP contribution in [0.15, 0.2) is 29.2 Å². The number of nitrogens with zero attached hydrogens (tertiary/aromatic N) is 1. The first kappa shape index (κ1) is 15.9. The molecular formula is C14H19NO5S. The highest BCUT2D eigenvalue weighted by Gasteiger charge is 2.34. The van der Waals surface area contributed by atoms with Crippen LogP contribution >= 0.6 is 0 Å². The molecule has 2 atom stereocenters. The number of rotatable bonds is 4. The lowest BCUT2D eigenvalue weighted by molar-refractivity contribution is -0.136. The highest BCUT2D eigenvalue weighted by molar-refractivity contribution is 7.89. The molecule has 0 aromatic heterocycles. The zero-order chi connectivity index (χ0) is 15.6. The number of aliphatic hydroxyl groups excluding tert-OH is 1. The highest BCUT2D eigenvalue weighted by Crippen LogP contribution is 2.25. The van der Waals surface area contributed by atoms with Crippen LogP contribution in [0, 0.1) is 0 Å². The van der Waals surface area contributed by atoms with Crippen molar-refractivity contribution in [2.75, 3.05) is 6.54 Å². The van der Waals surface area contributed by atoms with Crippen molar-refractivity contribution >= 4 is 16.0 Å². The summed E-state index contributed by atoms with van der Waals surface area (Å²) in [5.41, 5.74) is 0.439. The van der Waals surface area contributed by atoms with Gasteiger partial charge in [-0.2, -0.15) is 4.31 Å². The van der Waals surface area contributed by atoms with Crippen LogP contribution in [0.3, 0.4) is 0 Å². The van der Waals surface area contributed by atoms with E-state index < -0.39 is 22.1 Å². The van der Waals surface area contributed by atoms with Crippen LogP contribution in [0.1, 0.15) is 25.3 Å². The maximum absolute atomic E-state index is 12.6. The van der Waals surface area contributed by atoms with Crippen LogP contribution < -0.4 is 0 Å².